The number of amides is 1. The maximum absolute atomic E-state index is 13.0. The van der Waals surface area contributed by atoms with Gasteiger partial charge in [-0.3, -0.25) is 9.69 Å². The number of nitrogens with zero attached hydrogens (tertiary/aromatic N) is 1. The summed E-state index contributed by atoms with van der Waals surface area (Å²) in [6.45, 7) is 6.99. The summed E-state index contributed by atoms with van der Waals surface area (Å²) in [4.78, 5) is 29.2. The second-order valence-corrected chi connectivity index (χ2v) is 9.65. The number of rotatable bonds is 5. The van der Waals surface area contributed by atoms with Crippen LogP contribution in [0.15, 0.2) is 42.5 Å². The third-order valence-electron chi connectivity index (χ3n) is 6.37. The molecule has 176 valence electrons. The van der Waals surface area contributed by atoms with Crippen molar-refractivity contribution in [3.63, 3.8) is 0 Å². The summed E-state index contributed by atoms with van der Waals surface area (Å²) in [5, 5.41) is 7.46. The van der Waals surface area contributed by atoms with Gasteiger partial charge in [0.05, 0.1) is 18.2 Å². The lowest BCUT2D eigenvalue weighted by molar-refractivity contribution is 0.0729. The maximum atomic E-state index is 13.0. The summed E-state index contributed by atoms with van der Waals surface area (Å²) < 4.78 is 11.1. The molecule has 0 spiro atoms. The van der Waals surface area contributed by atoms with E-state index in [1.807, 2.05) is 25.1 Å². The molecule has 3 aromatic rings. The van der Waals surface area contributed by atoms with Crippen LogP contribution in [0.5, 0.6) is 11.5 Å². The summed E-state index contributed by atoms with van der Waals surface area (Å²) in [5.74, 6) is 0.231. The molecule has 34 heavy (non-hydrogen) atoms. The number of fused-ring (bicyclic) bond motifs is 3. The van der Waals surface area contributed by atoms with E-state index in [-0.39, 0.29) is 5.91 Å². The molecule has 3 heterocycles. The second-order valence-electron chi connectivity index (χ2n) is 8.54. The van der Waals surface area contributed by atoms with Crippen molar-refractivity contribution < 1.29 is 19.1 Å². The fourth-order valence-electron chi connectivity index (χ4n) is 4.40. The van der Waals surface area contributed by atoms with Gasteiger partial charge < -0.3 is 20.1 Å². The Labute approximate surface area is 202 Å². The average Bonchev–Trinajstić information content (AvgIpc) is 3.22. The molecule has 2 aliphatic rings. The molecular formula is C26H27N3O4S. The van der Waals surface area contributed by atoms with Gasteiger partial charge in [0, 0.05) is 18.0 Å². The van der Waals surface area contributed by atoms with Gasteiger partial charge in [-0.1, -0.05) is 30.7 Å². The third kappa shape index (κ3) is 4.15. The smallest absolute Gasteiger partial charge is 0.343 e. The van der Waals surface area contributed by atoms with Crippen molar-refractivity contribution in [2.75, 3.05) is 25.5 Å². The van der Waals surface area contributed by atoms with E-state index < -0.39 is 12.1 Å². The van der Waals surface area contributed by atoms with Crippen LogP contribution in [-0.4, -0.2) is 37.0 Å². The van der Waals surface area contributed by atoms with E-state index in [4.69, 9.17) is 9.47 Å². The van der Waals surface area contributed by atoms with E-state index in [0.717, 1.165) is 47.7 Å². The van der Waals surface area contributed by atoms with Gasteiger partial charge in [-0.05, 0) is 55.3 Å². The van der Waals surface area contributed by atoms with Gasteiger partial charge in [-0.25, -0.2) is 4.79 Å². The number of benzene rings is 2. The number of likely N-dealkylation sites (N-methyl/N-ethyl adjacent to an activating group) is 1. The predicted octanol–water partition coefficient (Wildman–Crippen LogP) is 4.52. The van der Waals surface area contributed by atoms with Gasteiger partial charge in [-0.15, -0.1) is 11.3 Å². The van der Waals surface area contributed by atoms with Crippen molar-refractivity contribution >= 4 is 28.2 Å². The van der Waals surface area contributed by atoms with E-state index in [1.165, 1.54) is 17.6 Å². The van der Waals surface area contributed by atoms with Gasteiger partial charge in [0.1, 0.15) is 11.2 Å². The summed E-state index contributed by atoms with van der Waals surface area (Å²) in [6, 6.07) is 12.5. The minimum atomic E-state index is -0.454. The van der Waals surface area contributed by atoms with Crippen LogP contribution in [0.1, 0.15) is 55.4 Å². The quantitative estimate of drug-likeness (QED) is 0.416. The zero-order chi connectivity index (χ0) is 23.8. The van der Waals surface area contributed by atoms with E-state index in [9.17, 15) is 9.59 Å². The molecule has 1 atom stereocenters. The molecule has 0 bridgehead atoms. The van der Waals surface area contributed by atoms with Crippen molar-refractivity contribution in [1.29, 1.82) is 0 Å². The number of ether oxygens (including phenoxy) is 2. The van der Waals surface area contributed by atoms with Crippen molar-refractivity contribution in [3.05, 3.63) is 75.2 Å². The molecule has 2 N–H and O–H groups in total. The minimum absolute atomic E-state index is 0.0601. The standard InChI is InChI=1S/C26H27N3O4S/c1-4-29-12-11-18-21(14-29)34-25-22(18)24(30)27-23(28-25)17-9-10-19(20(13-17)32-3)33-26(31)16-7-5-15(2)6-8-16/h5-10,13,23,28H,4,11-12,14H2,1-3H3,(H,27,30)/t23-/m0/s1. The highest BCUT2D eigenvalue weighted by Crippen LogP contribution is 2.41. The molecule has 0 aliphatic carbocycles. The Balaban J connectivity index is 1.37. The van der Waals surface area contributed by atoms with Crippen molar-refractivity contribution in [1.82, 2.24) is 10.2 Å². The molecule has 0 saturated heterocycles. The molecule has 0 saturated carbocycles. The Morgan fingerprint density at radius 2 is 1.94 bits per heavy atom. The largest absolute Gasteiger partial charge is 0.493 e. The van der Waals surface area contributed by atoms with Crippen LogP contribution in [0.3, 0.4) is 0 Å². The van der Waals surface area contributed by atoms with E-state index in [0.29, 0.717) is 17.1 Å². The summed E-state index contributed by atoms with van der Waals surface area (Å²) in [6.07, 6.45) is 0.488. The molecular weight excluding hydrogens is 450 g/mol. The van der Waals surface area contributed by atoms with Crippen LogP contribution in [0.25, 0.3) is 0 Å². The van der Waals surface area contributed by atoms with Crippen molar-refractivity contribution in [2.45, 2.75) is 33.0 Å². The van der Waals surface area contributed by atoms with E-state index in [1.54, 1.807) is 35.6 Å². The van der Waals surface area contributed by atoms with Crippen molar-refractivity contribution in [3.8, 4) is 11.5 Å². The highest BCUT2D eigenvalue weighted by molar-refractivity contribution is 7.16. The number of thiophene rings is 1. The van der Waals surface area contributed by atoms with Crippen LogP contribution >= 0.6 is 11.3 Å². The number of esters is 1. The molecule has 5 rings (SSSR count). The minimum Gasteiger partial charge on any atom is -0.493 e. The zero-order valence-electron chi connectivity index (χ0n) is 19.4. The lowest BCUT2D eigenvalue weighted by atomic mass is 10.0. The van der Waals surface area contributed by atoms with Gasteiger partial charge in [0.15, 0.2) is 11.5 Å². The number of carbonyl (C=O) groups is 2. The highest BCUT2D eigenvalue weighted by Gasteiger charge is 2.33. The van der Waals surface area contributed by atoms with E-state index in [2.05, 4.69) is 22.5 Å². The Bertz CT molecular complexity index is 1250. The maximum Gasteiger partial charge on any atom is 0.343 e. The Hall–Kier alpha value is -3.36. The predicted molar refractivity (Wildman–Crippen MR) is 132 cm³/mol. The van der Waals surface area contributed by atoms with Crippen LogP contribution < -0.4 is 20.1 Å². The highest BCUT2D eigenvalue weighted by atomic mass is 32.1. The first-order chi connectivity index (χ1) is 16.5. The normalized spacial score (nSPS) is 17.3. The number of anilines is 1. The zero-order valence-corrected chi connectivity index (χ0v) is 20.3. The Morgan fingerprint density at radius 3 is 2.68 bits per heavy atom. The van der Waals surface area contributed by atoms with Crippen LogP contribution in [-0.2, 0) is 13.0 Å². The van der Waals surface area contributed by atoms with Gasteiger partial charge >= 0.3 is 5.97 Å². The average molecular weight is 478 g/mol. The molecule has 0 fully saturated rings. The lowest BCUT2D eigenvalue weighted by Crippen LogP contribution is -2.38. The topological polar surface area (TPSA) is 79.9 Å². The molecule has 0 radical (unpaired) electrons. The summed E-state index contributed by atoms with van der Waals surface area (Å²) in [5.41, 5.74) is 4.30. The van der Waals surface area contributed by atoms with Crippen molar-refractivity contribution in [2.24, 2.45) is 0 Å². The summed E-state index contributed by atoms with van der Waals surface area (Å²) >= 11 is 1.66. The molecule has 1 amide bonds. The lowest BCUT2D eigenvalue weighted by Gasteiger charge is -2.28. The molecule has 2 aromatic carbocycles. The molecule has 8 heteroatoms. The third-order valence-corrected chi connectivity index (χ3v) is 7.52. The first-order valence-corrected chi connectivity index (χ1v) is 12.2. The van der Waals surface area contributed by atoms with E-state index >= 15 is 0 Å². The number of aryl methyl sites for hydroxylation is 1. The molecule has 0 unspecified atom stereocenters. The number of carbonyl (C=O) groups excluding carboxylic acids is 2. The van der Waals surface area contributed by atoms with Gasteiger partial charge in [-0.2, -0.15) is 0 Å². The number of nitrogens with one attached hydrogen (secondary N) is 2. The number of hydrogen-bond acceptors (Lipinski definition) is 7. The van der Waals surface area contributed by atoms with Crippen LogP contribution in [0.4, 0.5) is 5.00 Å². The summed E-state index contributed by atoms with van der Waals surface area (Å²) in [7, 11) is 1.53. The number of methoxy groups -OCH3 is 1. The first kappa shape index (κ1) is 22.4. The van der Waals surface area contributed by atoms with Gasteiger partial charge in [0.25, 0.3) is 5.91 Å². The molecule has 1 aromatic heterocycles. The van der Waals surface area contributed by atoms with Crippen LogP contribution in [0.2, 0.25) is 0 Å². The molecule has 2 aliphatic heterocycles. The van der Waals surface area contributed by atoms with Gasteiger partial charge in [0.2, 0.25) is 0 Å². The van der Waals surface area contributed by atoms with Crippen LogP contribution in [0, 0.1) is 6.92 Å². The first-order valence-electron chi connectivity index (χ1n) is 11.4. The monoisotopic (exact) mass is 477 g/mol. The second kappa shape index (κ2) is 9.12. The SMILES string of the molecule is CCN1CCc2c(sc3c2C(=O)N[C@H](c2ccc(OC(=O)c4ccc(C)cc4)c(OC)c2)N3)C1. The number of hydrogen-bond donors (Lipinski definition) is 2. The Morgan fingerprint density at radius 1 is 1.15 bits per heavy atom. The fourth-order valence-corrected chi connectivity index (χ4v) is 5.72. The Kier molecular flexibility index (Phi) is 6.02. The fraction of sp³-hybridized carbons (Fsp3) is 0.308. The molecule has 7 nitrogen and oxygen atoms in total.